The number of amides is 1. The van der Waals surface area contributed by atoms with Gasteiger partial charge in [-0.25, -0.2) is 10.8 Å². The molecule has 1 amide bonds. The normalized spacial score (nSPS) is 11.3. The maximum Gasteiger partial charge on any atom is 0.255 e. The highest BCUT2D eigenvalue weighted by molar-refractivity contribution is 6.33. The molecule has 0 radical (unpaired) electrons. The Morgan fingerprint density at radius 3 is 2.68 bits per heavy atom. The van der Waals surface area contributed by atoms with Crippen molar-refractivity contribution in [1.82, 2.24) is 9.88 Å². The van der Waals surface area contributed by atoms with E-state index < -0.39 is 5.60 Å². The van der Waals surface area contributed by atoms with E-state index in [4.69, 9.17) is 17.4 Å². The number of anilines is 1. The maximum atomic E-state index is 12.3. The van der Waals surface area contributed by atoms with Gasteiger partial charge in [0.05, 0.1) is 16.2 Å². The molecule has 0 saturated heterocycles. The quantitative estimate of drug-likeness (QED) is 0.560. The highest BCUT2D eigenvalue weighted by atomic mass is 35.5. The molecule has 0 spiro atoms. The second kappa shape index (κ2) is 6.18. The van der Waals surface area contributed by atoms with Crippen molar-refractivity contribution in [3.63, 3.8) is 0 Å². The molecule has 0 unspecified atom stereocenters. The fourth-order valence-corrected chi connectivity index (χ4v) is 1.86. The van der Waals surface area contributed by atoms with Gasteiger partial charge in [-0.1, -0.05) is 11.6 Å². The van der Waals surface area contributed by atoms with E-state index in [1.807, 2.05) is 6.92 Å². The Morgan fingerprint density at radius 1 is 1.63 bits per heavy atom. The third-order valence-electron chi connectivity index (χ3n) is 2.47. The molecule has 0 bridgehead atoms. The van der Waals surface area contributed by atoms with Gasteiger partial charge < -0.3 is 15.4 Å². The molecule has 0 saturated carbocycles. The molecule has 106 valence electrons. The van der Waals surface area contributed by atoms with Gasteiger partial charge in [0.15, 0.2) is 5.82 Å². The van der Waals surface area contributed by atoms with E-state index in [-0.39, 0.29) is 17.5 Å². The van der Waals surface area contributed by atoms with Crippen LogP contribution < -0.4 is 11.3 Å². The number of nitrogens with two attached hydrogens (primary N) is 1. The van der Waals surface area contributed by atoms with Gasteiger partial charge in [-0.05, 0) is 26.8 Å². The summed E-state index contributed by atoms with van der Waals surface area (Å²) >= 11 is 5.93. The van der Waals surface area contributed by atoms with Crippen molar-refractivity contribution in [3.05, 3.63) is 22.8 Å². The van der Waals surface area contributed by atoms with Crippen molar-refractivity contribution >= 4 is 23.3 Å². The van der Waals surface area contributed by atoms with Gasteiger partial charge in [0.2, 0.25) is 0 Å². The number of rotatable bonds is 5. The number of hydrazine groups is 1. The Morgan fingerprint density at radius 2 is 2.26 bits per heavy atom. The van der Waals surface area contributed by atoms with Gasteiger partial charge in [-0.3, -0.25) is 4.79 Å². The molecule has 1 aromatic rings. The van der Waals surface area contributed by atoms with Gasteiger partial charge in [0.1, 0.15) is 0 Å². The molecule has 0 aromatic carbocycles. The first-order chi connectivity index (χ1) is 8.78. The number of aliphatic hydroxyl groups is 1. The average Bonchev–Trinajstić information content (AvgIpc) is 2.34. The zero-order chi connectivity index (χ0) is 14.6. The lowest BCUT2D eigenvalue weighted by Crippen LogP contribution is -2.42. The lowest BCUT2D eigenvalue weighted by atomic mass is 10.1. The summed E-state index contributed by atoms with van der Waals surface area (Å²) in [5, 5.41) is 10.1. The SMILES string of the molecule is CCN(CC(C)(C)O)C(=O)c1cnc(NN)c(Cl)c1. The summed E-state index contributed by atoms with van der Waals surface area (Å²) in [7, 11) is 0. The van der Waals surface area contributed by atoms with Crippen molar-refractivity contribution in [2.75, 3.05) is 18.5 Å². The van der Waals surface area contributed by atoms with Crippen LogP contribution in [0, 0.1) is 0 Å². The topological polar surface area (TPSA) is 91.5 Å². The number of nitrogens with one attached hydrogen (secondary N) is 1. The third kappa shape index (κ3) is 4.34. The molecule has 1 rings (SSSR count). The van der Waals surface area contributed by atoms with E-state index >= 15 is 0 Å². The zero-order valence-corrected chi connectivity index (χ0v) is 12.0. The zero-order valence-electron chi connectivity index (χ0n) is 11.3. The largest absolute Gasteiger partial charge is 0.389 e. The predicted molar refractivity (Wildman–Crippen MR) is 74.9 cm³/mol. The summed E-state index contributed by atoms with van der Waals surface area (Å²) in [6.45, 7) is 5.86. The number of nitrogens with zero attached hydrogens (tertiary/aromatic N) is 2. The van der Waals surface area contributed by atoms with Crippen LogP contribution in [0.1, 0.15) is 31.1 Å². The fourth-order valence-electron chi connectivity index (χ4n) is 1.64. The van der Waals surface area contributed by atoms with Crippen molar-refractivity contribution in [2.24, 2.45) is 5.84 Å². The molecule has 0 fully saturated rings. The van der Waals surface area contributed by atoms with E-state index in [2.05, 4.69) is 10.4 Å². The molecule has 0 atom stereocenters. The maximum absolute atomic E-state index is 12.3. The van der Waals surface area contributed by atoms with Gasteiger partial charge in [0, 0.05) is 19.3 Å². The number of nitrogen functional groups attached to an aromatic ring is 1. The second-order valence-electron chi connectivity index (χ2n) is 4.83. The van der Waals surface area contributed by atoms with Crippen LogP contribution in [0.3, 0.4) is 0 Å². The number of hydrogen-bond donors (Lipinski definition) is 3. The Hall–Kier alpha value is -1.37. The molecule has 0 aliphatic heterocycles. The van der Waals surface area contributed by atoms with E-state index in [1.54, 1.807) is 13.8 Å². The standard InChI is InChI=1S/C12H19ClN4O2/c1-4-17(7-12(2,3)19)11(18)8-5-9(13)10(16-14)15-6-8/h5-6,19H,4,7,14H2,1-3H3,(H,15,16). The molecular formula is C12H19ClN4O2. The van der Waals surface area contributed by atoms with Gasteiger partial charge in [-0.15, -0.1) is 0 Å². The number of likely N-dealkylation sites (N-methyl/N-ethyl adjacent to an activating group) is 1. The summed E-state index contributed by atoms with van der Waals surface area (Å²) in [6.07, 6.45) is 1.40. The van der Waals surface area contributed by atoms with E-state index in [0.29, 0.717) is 17.9 Å². The summed E-state index contributed by atoms with van der Waals surface area (Å²) in [5.74, 6) is 5.30. The first kappa shape index (κ1) is 15.7. The molecule has 1 heterocycles. The first-order valence-corrected chi connectivity index (χ1v) is 6.30. The Kier molecular flexibility index (Phi) is 5.11. The van der Waals surface area contributed by atoms with Crippen LogP contribution in [-0.2, 0) is 0 Å². The third-order valence-corrected chi connectivity index (χ3v) is 2.76. The number of carbonyl (C=O) groups is 1. The molecule has 0 aliphatic carbocycles. The molecule has 0 aliphatic rings. The van der Waals surface area contributed by atoms with Gasteiger partial charge >= 0.3 is 0 Å². The van der Waals surface area contributed by atoms with Crippen molar-refractivity contribution in [1.29, 1.82) is 0 Å². The van der Waals surface area contributed by atoms with E-state index in [9.17, 15) is 9.90 Å². The van der Waals surface area contributed by atoms with Crippen molar-refractivity contribution < 1.29 is 9.90 Å². The van der Waals surface area contributed by atoms with Crippen LogP contribution in [0.25, 0.3) is 0 Å². The molecular weight excluding hydrogens is 268 g/mol. The molecule has 1 aromatic heterocycles. The second-order valence-corrected chi connectivity index (χ2v) is 5.24. The van der Waals surface area contributed by atoms with Crippen LogP contribution in [0.5, 0.6) is 0 Å². The lowest BCUT2D eigenvalue weighted by molar-refractivity contribution is 0.0314. The minimum absolute atomic E-state index is 0.233. The van der Waals surface area contributed by atoms with Crippen LogP contribution in [0.15, 0.2) is 12.3 Å². The number of aromatic nitrogens is 1. The average molecular weight is 287 g/mol. The van der Waals surface area contributed by atoms with E-state index in [1.165, 1.54) is 17.2 Å². The predicted octanol–water partition coefficient (Wildman–Crippen LogP) is 1.25. The fraction of sp³-hybridized carbons (Fsp3) is 0.500. The molecule has 6 nitrogen and oxygen atoms in total. The summed E-state index contributed by atoms with van der Waals surface area (Å²) in [5.41, 5.74) is 1.73. The monoisotopic (exact) mass is 286 g/mol. The van der Waals surface area contributed by atoms with Crippen molar-refractivity contribution in [2.45, 2.75) is 26.4 Å². The summed E-state index contributed by atoms with van der Waals surface area (Å²) in [4.78, 5) is 17.8. The molecule has 19 heavy (non-hydrogen) atoms. The smallest absolute Gasteiger partial charge is 0.255 e. The highest BCUT2D eigenvalue weighted by Crippen LogP contribution is 2.20. The van der Waals surface area contributed by atoms with Crippen LogP contribution in [0.4, 0.5) is 5.82 Å². The minimum Gasteiger partial charge on any atom is -0.389 e. The Labute approximate surface area is 117 Å². The van der Waals surface area contributed by atoms with Gasteiger partial charge in [0.25, 0.3) is 5.91 Å². The number of pyridine rings is 1. The Bertz CT molecular complexity index is 460. The van der Waals surface area contributed by atoms with Crippen LogP contribution >= 0.6 is 11.6 Å². The Balaban J connectivity index is 2.95. The summed E-state index contributed by atoms with van der Waals surface area (Å²) in [6, 6.07) is 1.50. The minimum atomic E-state index is -0.957. The van der Waals surface area contributed by atoms with Crippen molar-refractivity contribution in [3.8, 4) is 0 Å². The van der Waals surface area contributed by atoms with Gasteiger partial charge in [-0.2, -0.15) is 0 Å². The lowest BCUT2D eigenvalue weighted by Gasteiger charge is -2.28. The summed E-state index contributed by atoms with van der Waals surface area (Å²) < 4.78 is 0. The molecule has 7 heteroatoms. The number of carbonyl (C=O) groups excluding carboxylic acids is 1. The first-order valence-electron chi connectivity index (χ1n) is 5.92. The highest BCUT2D eigenvalue weighted by Gasteiger charge is 2.22. The number of halogens is 1. The van der Waals surface area contributed by atoms with Crippen LogP contribution in [-0.4, -0.2) is 39.6 Å². The number of hydrogen-bond acceptors (Lipinski definition) is 5. The van der Waals surface area contributed by atoms with E-state index in [0.717, 1.165) is 0 Å². The van der Waals surface area contributed by atoms with Crippen LogP contribution in [0.2, 0.25) is 5.02 Å². The molecule has 4 N–H and O–H groups in total.